The molecule has 1 aromatic carbocycles. The van der Waals surface area contributed by atoms with Gasteiger partial charge in [-0.3, -0.25) is 9.69 Å². The van der Waals surface area contributed by atoms with Crippen molar-refractivity contribution < 1.29 is 14.3 Å². The quantitative estimate of drug-likeness (QED) is 0.762. The van der Waals surface area contributed by atoms with Crippen LogP contribution in [-0.4, -0.2) is 29.5 Å². The number of nitrogens with zero attached hydrogens (tertiary/aromatic N) is 1. The summed E-state index contributed by atoms with van der Waals surface area (Å²) in [6, 6.07) is 5.21. The van der Waals surface area contributed by atoms with Crippen LogP contribution in [0.2, 0.25) is 0 Å². The average Bonchev–Trinajstić information content (AvgIpc) is 2.69. The number of nitrogens with one attached hydrogen (secondary N) is 1. The van der Waals surface area contributed by atoms with Crippen molar-refractivity contribution in [3.05, 3.63) is 28.2 Å². The summed E-state index contributed by atoms with van der Waals surface area (Å²) in [6.07, 6.45) is 1.54. The van der Waals surface area contributed by atoms with E-state index in [0.717, 1.165) is 16.5 Å². The third-order valence-corrected chi connectivity index (χ3v) is 4.74. The average molecular weight is 383 g/mol. The fourth-order valence-electron chi connectivity index (χ4n) is 2.63. The van der Waals surface area contributed by atoms with Gasteiger partial charge in [-0.25, -0.2) is 4.79 Å². The van der Waals surface area contributed by atoms with Crippen LogP contribution in [0.15, 0.2) is 22.7 Å². The van der Waals surface area contributed by atoms with Gasteiger partial charge in [0.2, 0.25) is 0 Å². The fourth-order valence-corrected chi connectivity index (χ4v) is 3.22. The maximum absolute atomic E-state index is 12.7. The molecular formula is C17H23BrN2O3. The van der Waals surface area contributed by atoms with Crippen LogP contribution in [0.25, 0.3) is 0 Å². The maximum atomic E-state index is 12.7. The van der Waals surface area contributed by atoms with Gasteiger partial charge < -0.3 is 10.1 Å². The van der Waals surface area contributed by atoms with E-state index in [9.17, 15) is 9.59 Å². The molecule has 2 rings (SSSR count). The molecule has 126 valence electrons. The summed E-state index contributed by atoms with van der Waals surface area (Å²) < 4.78 is 5.99. The molecule has 6 heteroatoms. The highest BCUT2D eigenvalue weighted by Crippen LogP contribution is 2.29. The van der Waals surface area contributed by atoms with Crippen LogP contribution >= 0.6 is 15.9 Å². The third kappa shape index (κ3) is 3.86. The molecule has 0 saturated carbocycles. The first kappa shape index (κ1) is 17.8. The van der Waals surface area contributed by atoms with E-state index >= 15 is 0 Å². The van der Waals surface area contributed by atoms with Gasteiger partial charge in [-0.2, -0.15) is 0 Å². The summed E-state index contributed by atoms with van der Waals surface area (Å²) in [5.74, 6) is 1.05. The molecule has 1 aliphatic rings. The first-order valence-corrected chi connectivity index (χ1v) is 8.52. The molecule has 1 aliphatic heterocycles. The minimum Gasteiger partial charge on any atom is -0.496 e. The molecule has 1 aromatic rings. The molecule has 1 saturated heterocycles. The number of amides is 3. The van der Waals surface area contributed by atoms with E-state index in [1.807, 2.05) is 18.2 Å². The molecule has 1 fully saturated rings. The van der Waals surface area contributed by atoms with Crippen LogP contribution in [0, 0.1) is 5.92 Å². The SMILES string of the molecule is COc1ccc(CN2C(=O)N[C@](C)(CCC(C)C)C2=O)cc1Br. The summed E-state index contributed by atoms with van der Waals surface area (Å²) in [4.78, 5) is 26.2. The van der Waals surface area contributed by atoms with E-state index in [1.165, 1.54) is 4.90 Å². The Bertz CT molecular complexity index is 618. The van der Waals surface area contributed by atoms with Crippen molar-refractivity contribution in [1.82, 2.24) is 10.2 Å². The third-order valence-electron chi connectivity index (χ3n) is 4.12. The van der Waals surface area contributed by atoms with E-state index in [4.69, 9.17) is 4.74 Å². The topological polar surface area (TPSA) is 58.6 Å². The number of ether oxygens (including phenoxy) is 1. The second-order valence-corrected chi connectivity index (χ2v) is 7.41. The van der Waals surface area contributed by atoms with Crippen LogP contribution in [0.1, 0.15) is 39.2 Å². The molecule has 0 aromatic heterocycles. The van der Waals surface area contributed by atoms with Gasteiger partial charge in [0, 0.05) is 0 Å². The van der Waals surface area contributed by atoms with Gasteiger partial charge in [-0.05, 0) is 59.3 Å². The van der Waals surface area contributed by atoms with Gasteiger partial charge in [0.05, 0.1) is 18.1 Å². The molecule has 23 heavy (non-hydrogen) atoms. The Balaban J connectivity index is 2.13. The van der Waals surface area contributed by atoms with Crippen LogP contribution in [0.4, 0.5) is 4.79 Å². The van der Waals surface area contributed by atoms with Crippen molar-refractivity contribution in [2.45, 2.75) is 45.7 Å². The second kappa shape index (κ2) is 6.91. The predicted molar refractivity (Wildman–Crippen MR) is 92.3 cm³/mol. The maximum Gasteiger partial charge on any atom is 0.325 e. The lowest BCUT2D eigenvalue weighted by molar-refractivity contribution is -0.131. The number of hydrogen-bond acceptors (Lipinski definition) is 3. The fraction of sp³-hybridized carbons (Fsp3) is 0.529. The first-order valence-electron chi connectivity index (χ1n) is 7.73. The standard InChI is InChI=1S/C17H23BrN2O3/c1-11(2)7-8-17(3)15(21)20(16(22)19-17)10-12-5-6-14(23-4)13(18)9-12/h5-6,9,11H,7-8,10H2,1-4H3,(H,19,22)/t17-/m1/s1. The van der Waals surface area contributed by atoms with Crippen molar-refractivity contribution in [2.75, 3.05) is 7.11 Å². The molecule has 1 heterocycles. The van der Waals surface area contributed by atoms with Gasteiger partial charge in [0.1, 0.15) is 11.3 Å². The van der Waals surface area contributed by atoms with Crippen LogP contribution < -0.4 is 10.1 Å². The molecule has 0 unspecified atom stereocenters. The van der Waals surface area contributed by atoms with E-state index < -0.39 is 5.54 Å². The number of methoxy groups -OCH3 is 1. The van der Waals surface area contributed by atoms with E-state index in [0.29, 0.717) is 18.1 Å². The first-order chi connectivity index (χ1) is 10.8. The zero-order chi connectivity index (χ0) is 17.2. The number of carbonyl (C=O) groups is 2. The lowest BCUT2D eigenvalue weighted by Crippen LogP contribution is -2.44. The van der Waals surface area contributed by atoms with Crippen LogP contribution in [0.3, 0.4) is 0 Å². The lowest BCUT2D eigenvalue weighted by atomic mass is 9.92. The van der Waals surface area contributed by atoms with Gasteiger partial charge in [-0.1, -0.05) is 19.9 Å². The Labute approximate surface area is 145 Å². The minimum atomic E-state index is -0.801. The van der Waals surface area contributed by atoms with Crippen LogP contribution in [0.5, 0.6) is 5.75 Å². The van der Waals surface area contributed by atoms with Gasteiger partial charge >= 0.3 is 6.03 Å². The molecule has 1 atom stereocenters. The van der Waals surface area contributed by atoms with Crippen molar-refractivity contribution in [2.24, 2.45) is 5.92 Å². The van der Waals surface area contributed by atoms with Gasteiger partial charge in [0.25, 0.3) is 5.91 Å². The minimum absolute atomic E-state index is 0.157. The smallest absolute Gasteiger partial charge is 0.325 e. The molecule has 5 nitrogen and oxygen atoms in total. The van der Waals surface area contributed by atoms with E-state index in [2.05, 4.69) is 35.1 Å². The Hall–Kier alpha value is -1.56. The van der Waals surface area contributed by atoms with Crippen LogP contribution in [-0.2, 0) is 11.3 Å². The Morgan fingerprint density at radius 1 is 1.35 bits per heavy atom. The summed E-state index contributed by atoms with van der Waals surface area (Å²) >= 11 is 3.42. The van der Waals surface area contributed by atoms with Gasteiger partial charge in [-0.15, -0.1) is 0 Å². The Morgan fingerprint density at radius 3 is 2.61 bits per heavy atom. The molecule has 0 bridgehead atoms. The Kier molecular flexibility index (Phi) is 5.34. The predicted octanol–water partition coefficient (Wildman–Crippen LogP) is 3.70. The molecule has 1 N–H and O–H groups in total. The van der Waals surface area contributed by atoms with Crippen molar-refractivity contribution in [3.63, 3.8) is 0 Å². The summed E-state index contributed by atoms with van der Waals surface area (Å²) in [6.45, 7) is 6.28. The number of halogens is 1. The monoisotopic (exact) mass is 382 g/mol. The summed E-state index contributed by atoms with van der Waals surface area (Å²) in [7, 11) is 1.59. The second-order valence-electron chi connectivity index (χ2n) is 6.55. The number of imide groups is 1. The van der Waals surface area contributed by atoms with E-state index in [1.54, 1.807) is 14.0 Å². The largest absolute Gasteiger partial charge is 0.496 e. The number of benzene rings is 1. The summed E-state index contributed by atoms with van der Waals surface area (Å²) in [5.41, 5.74) is 0.0692. The van der Waals surface area contributed by atoms with Crippen molar-refractivity contribution in [1.29, 1.82) is 0 Å². The van der Waals surface area contributed by atoms with Crippen molar-refractivity contribution in [3.8, 4) is 5.75 Å². The normalized spacial score (nSPS) is 21.0. The zero-order valence-electron chi connectivity index (χ0n) is 14.0. The number of hydrogen-bond donors (Lipinski definition) is 1. The molecule has 0 aliphatic carbocycles. The van der Waals surface area contributed by atoms with E-state index in [-0.39, 0.29) is 18.5 Å². The molecule has 3 amide bonds. The number of rotatable bonds is 6. The number of urea groups is 1. The van der Waals surface area contributed by atoms with Gasteiger partial charge in [0.15, 0.2) is 0 Å². The highest BCUT2D eigenvalue weighted by molar-refractivity contribution is 9.10. The number of carbonyl (C=O) groups excluding carboxylic acids is 2. The highest BCUT2D eigenvalue weighted by Gasteiger charge is 2.47. The highest BCUT2D eigenvalue weighted by atomic mass is 79.9. The molecular weight excluding hydrogens is 360 g/mol. The van der Waals surface area contributed by atoms with Crippen molar-refractivity contribution >= 4 is 27.9 Å². The lowest BCUT2D eigenvalue weighted by Gasteiger charge is -2.22. The summed E-state index contributed by atoms with van der Waals surface area (Å²) in [5, 5.41) is 2.84. The Morgan fingerprint density at radius 2 is 2.04 bits per heavy atom. The zero-order valence-corrected chi connectivity index (χ0v) is 15.6. The molecule has 0 spiro atoms. The molecule has 0 radical (unpaired) electrons.